The molecule has 7 aromatic carbocycles. The molecule has 0 aliphatic heterocycles. The number of hydrogen-bond donors (Lipinski definition) is 0. The van der Waals surface area contributed by atoms with Gasteiger partial charge in [0.15, 0.2) is 0 Å². The molecule has 0 atom stereocenters. The van der Waals surface area contributed by atoms with Crippen molar-refractivity contribution in [3.63, 3.8) is 0 Å². The molecule has 3 aromatic heterocycles. The maximum Gasteiger partial charge on any atom is 0.0715 e. The van der Waals surface area contributed by atoms with E-state index >= 15 is 0 Å². The monoisotopic (exact) mass is 602 g/mol. The van der Waals surface area contributed by atoms with Crippen LogP contribution in [0.1, 0.15) is 0 Å². The van der Waals surface area contributed by atoms with Crippen LogP contribution in [0.15, 0.2) is 158 Å². The average Bonchev–Trinajstić information content (AvgIpc) is 3.67. The summed E-state index contributed by atoms with van der Waals surface area (Å²) >= 11 is 1.92. The quantitative estimate of drug-likeness (QED) is 0.197. The van der Waals surface area contributed by atoms with Gasteiger partial charge in [-0.2, -0.15) is 0 Å². The predicted octanol–water partition coefficient (Wildman–Crippen LogP) is 12.2. The Balaban J connectivity index is 1.30. The largest absolute Gasteiger partial charge is 0.309 e. The van der Waals surface area contributed by atoms with Crippen molar-refractivity contribution in [3.8, 4) is 28.1 Å². The molecule has 0 radical (unpaired) electrons. The fraction of sp³-hybridized carbons (Fsp3) is 0. The topological polar surface area (TPSA) is 17.8 Å². The SMILES string of the molecule is c1ccc(-c2cc(-c3cccc4c3sc3c4ccc4c3c3ccccc3n4-c3cccc4ccccc34)c3ccccc3n2)cc1. The van der Waals surface area contributed by atoms with Crippen LogP contribution in [0.2, 0.25) is 0 Å². The Morgan fingerprint density at radius 3 is 2.07 bits per heavy atom. The van der Waals surface area contributed by atoms with Crippen molar-refractivity contribution in [2.45, 2.75) is 0 Å². The van der Waals surface area contributed by atoms with Crippen molar-refractivity contribution in [1.29, 1.82) is 0 Å². The van der Waals surface area contributed by atoms with Crippen molar-refractivity contribution < 1.29 is 0 Å². The molecule has 2 nitrogen and oxygen atoms in total. The zero-order valence-corrected chi connectivity index (χ0v) is 25.6. The van der Waals surface area contributed by atoms with Crippen LogP contribution in [0.5, 0.6) is 0 Å². The maximum absolute atomic E-state index is 5.08. The van der Waals surface area contributed by atoms with Crippen LogP contribution < -0.4 is 0 Å². The lowest BCUT2D eigenvalue weighted by molar-refractivity contribution is 1.20. The summed E-state index contributed by atoms with van der Waals surface area (Å²) in [4.78, 5) is 5.08. The lowest BCUT2D eigenvalue weighted by atomic mass is 9.97. The van der Waals surface area contributed by atoms with Crippen LogP contribution in [0.25, 0.3) is 91.7 Å². The summed E-state index contributed by atoms with van der Waals surface area (Å²) in [6.45, 7) is 0. The Morgan fingerprint density at radius 1 is 0.457 bits per heavy atom. The van der Waals surface area contributed by atoms with E-state index in [0.717, 1.165) is 16.8 Å². The van der Waals surface area contributed by atoms with Gasteiger partial charge in [-0.3, -0.25) is 0 Å². The molecule has 46 heavy (non-hydrogen) atoms. The van der Waals surface area contributed by atoms with E-state index in [9.17, 15) is 0 Å². The van der Waals surface area contributed by atoms with Crippen molar-refractivity contribution in [2.24, 2.45) is 0 Å². The van der Waals surface area contributed by atoms with Gasteiger partial charge in [-0.05, 0) is 41.3 Å². The van der Waals surface area contributed by atoms with Crippen LogP contribution in [0.3, 0.4) is 0 Å². The zero-order valence-electron chi connectivity index (χ0n) is 24.8. The molecule has 0 saturated carbocycles. The Hall–Kier alpha value is -5.77. The number of pyridine rings is 1. The summed E-state index contributed by atoms with van der Waals surface area (Å²) in [5.74, 6) is 0. The minimum Gasteiger partial charge on any atom is -0.309 e. The minimum absolute atomic E-state index is 0.993. The average molecular weight is 603 g/mol. The molecule has 0 fully saturated rings. The third-order valence-corrected chi connectivity index (χ3v) is 10.7. The summed E-state index contributed by atoms with van der Waals surface area (Å²) in [5.41, 5.74) is 9.27. The first-order valence-corrected chi connectivity index (χ1v) is 16.5. The Morgan fingerprint density at radius 2 is 1.15 bits per heavy atom. The van der Waals surface area contributed by atoms with E-state index in [-0.39, 0.29) is 0 Å². The molecule has 0 bridgehead atoms. The predicted molar refractivity (Wildman–Crippen MR) is 197 cm³/mol. The number of para-hydroxylation sites is 2. The summed E-state index contributed by atoms with van der Waals surface area (Å²) in [7, 11) is 0. The smallest absolute Gasteiger partial charge is 0.0715 e. The van der Waals surface area contributed by atoms with E-state index in [1.54, 1.807) is 0 Å². The highest BCUT2D eigenvalue weighted by Gasteiger charge is 2.20. The highest BCUT2D eigenvalue weighted by Crippen LogP contribution is 2.47. The van der Waals surface area contributed by atoms with Gasteiger partial charge in [-0.15, -0.1) is 11.3 Å². The number of aromatic nitrogens is 2. The molecule has 214 valence electrons. The highest BCUT2D eigenvalue weighted by molar-refractivity contribution is 7.27. The molecule has 0 amide bonds. The molecule has 3 heterocycles. The van der Waals surface area contributed by atoms with Crippen LogP contribution >= 0.6 is 11.3 Å². The van der Waals surface area contributed by atoms with Gasteiger partial charge < -0.3 is 4.57 Å². The van der Waals surface area contributed by atoms with Gasteiger partial charge in [-0.25, -0.2) is 4.98 Å². The van der Waals surface area contributed by atoms with Gasteiger partial charge in [0, 0.05) is 52.8 Å². The fourth-order valence-electron chi connectivity index (χ4n) is 7.34. The van der Waals surface area contributed by atoms with Gasteiger partial charge in [-0.1, -0.05) is 127 Å². The molecule has 0 aliphatic rings. The fourth-order valence-corrected chi connectivity index (χ4v) is 8.72. The third kappa shape index (κ3) is 3.67. The molecule has 10 aromatic rings. The molecule has 0 unspecified atom stereocenters. The second kappa shape index (κ2) is 9.87. The van der Waals surface area contributed by atoms with Crippen molar-refractivity contribution in [2.75, 3.05) is 0 Å². The first-order valence-electron chi connectivity index (χ1n) is 15.6. The molecule has 0 spiro atoms. The Labute approximate surface area is 269 Å². The third-order valence-electron chi connectivity index (χ3n) is 9.38. The van der Waals surface area contributed by atoms with Crippen molar-refractivity contribution >= 4 is 75.0 Å². The van der Waals surface area contributed by atoms with Gasteiger partial charge in [0.2, 0.25) is 0 Å². The van der Waals surface area contributed by atoms with E-state index in [4.69, 9.17) is 4.98 Å². The van der Waals surface area contributed by atoms with Crippen LogP contribution in [-0.4, -0.2) is 9.55 Å². The van der Waals surface area contributed by atoms with E-state index in [1.165, 1.54) is 75.0 Å². The molecule has 3 heteroatoms. The van der Waals surface area contributed by atoms with Crippen LogP contribution in [-0.2, 0) is 0 Å². The van der Waals surface area contributed by atoms with Crippen molar-refractivity contribution in [3.05, 3.63) is 158 Å². The lowest BCUT2D eigenvalue weighted by Gasteiger charge is -2.11. The van der Waals surface area contributed by atoms with E-state index in [2.05, 4.69) is 162 Å². The molecule has 0 aliphatic carbocycles. The number of nitrogens with zero attached hydrogens (tertiary/aromatic N) is 2. The summed E-state index contributed by atoms with van der Waals surface area (Å²) in [6, 6.07) is 56.9. The Kier molecular flexibility index (Phi) is 5.48. The Bertz CT molecular complexity index is 2800. The van der Waals surface area contributed by atoms with Crippen LogP contribution in [0.4, 0.5) is 0 Å². The van der Waals surface area contributed by atoms with Crippen LogP contribution in [0, 0.1) is 0 Å². The number of fused-ring (bicyclic) bond motifs is 9. The molecular formula is C43H26N2S. The summed E-state index contributed by atoms with van der Waals surface area (Å²) < 4.78 is 5.10. The molecule has 10 rings (SSSR count). The van der Waals surface area contributed by atoms with E-state index < -0.39 is 0 Å². The number of rotatable bonds is 3. The van der Waals surface area contributed by atoms with E-state index in [1.807, 2.05) is 11.3 Å². The molecule has 0 N–H and O–H groups in total. The molecular weight excluding hydrogens is 577 g/mol. The van der Waals surface area contributed by atoms with Crippen molar-refractivity contribution in [1.82, 2.24) is 9.55 Å². The maximum atomic E-state index is 5.08. The second-order valence-corrected chi connectivity index (χ2v) is 12.9. The zero-order chi connectivity index (χ0) is 30.2. The van der Waals surface area contributed by atoms with Gasteiger partial charge >= 0.3 is 0 Å². The standard InChI is InChI=1S/C43H26N2S/c1-2-13-28(14-3-1)37-26-35(30-17-6-8-21-36(30)44-37)32-20-11-19-31-33-24-25-40-41(43(33)46-42(31)32)34-18-7-9-22-39(34)45(40)38-23-10-15-27-12-4-5-16-29(27)38/h1-26H. The normalized spacial score (nSPS) is 11.9. The number of benzene rings is 7. The van der Waals surface area contributed by atoms with Gasteiger partial charge in [0.05, 0.1) is 27.9 Å². The van der Waals surface area contributed by atoms with Gasteiger partial charge in [0.25, 0.3) is 0 Å². The summed E-state index contributed by atoms with van der Waals surface area (Å²) in [5, 5.41) is 8.87. The van der Waals surface area contributed by atoms with Gasteiger partial charge in [0.1, 0.15) is 0 Å². The number of hydrogen-bond acceptors (Lipinski definition) is 2. The van der Waals surface area contributed by atoms with E-state index in [0.29, 0.717) is 0 Å². The molecule has 0 saturated heterocycles. The lowest BCUT2D eigenvalue weighted by Crippen LogP contribution is -1.94. The summed E-state index contributed by atoms with van der Waals surface area (Å²) in [6.07, 6.45) is 0. The first kappa shape index (κ1) is 25.5. The highest BCUT2D eigenvalue weighted by atomic mass is 32.1. The number of thiophene rings is 1. The minimum atomic E-state index is 0.993. The first-order chi connectivity index (χ1) is 22.8. The second-order valence-electron chi connectivity index (χ2n) is 11.9.